The molecule has 0 radical (unpaired) electrons. The monoisotopic (exact) mass is 178 g/mol. The van der Waals surface area contributed by atoms with Gasteiger partial charge >= 0.3 is 0 Å². The van der Waals surface area contributed by atoms with Crippen molar-refractivity contribution in [1.82, 2.24) is 0 Å². The van der Waals surface area contributed by atoms with Crippen molar-refractivity contribution in [1.29, 1.82) is 0 Å². The largest absolute Gasteiger partial charge is 0.0996 e. The molecule has 0 nitrogen and oxygen atoms in total. The highest BCUT2D eigenvalue weighted by molar-refractivity contribution is 5.17. The zero-order chi connectivity index (χ0) is 9.90. The van der Waals surface area contributed by atoms with Crippen LogP contribution >= 0.6 is 0 Å². The predicted octanol–water partition coefficient (Wildman–Crippen LogP) is 4.48. The molecule has 0 aliphatic heterocycles. The lowest BCUT2D eigenvalue weighted by atomic mass is 9.62. The maximum atomic E-state index is 4.14. The molecule has 1 saturated carbocycles. The molecule has 0 spiro atoms. The predicted molar refractivity (Wildman–Crippen MR) is 59.8 cm³/mol. The Morgan fingerprint density at radius 3 is 2.31 bits per heavy atom. The molecule has 0 aromatic rings. The number of allylic oxidation sites excluding steroid dienone is 3. The Labute approximate surface area is 82.7 Å². The molecule has 1 aliphatic rings. The molecule has 0 saturated heterocycles. The van der Waals surface area contributed by atoms with E-state index in [0.717, 1.165) is 6.42 Å². The Hall–Kier alpha value is -0.520. The summed E-state index contributed by atoms with van der Waals surface area (Å²) in [6.07, 6.45) is 8.87. The molecule has 0 heteroatoms. The van der Waals surface area contributed by atoms with E-state index in [4.69, 9.17) is 0 Å². The second-order valence-electron chi connectivity index (χ2n) is 4.55. The smallest absolute Gasteiger partial charge is 0.00565 e. The molecule has 0 N–H and O–H groups in total. The highest BCUT2D eigenvalue weighted by Gasteiger charge is 2.37. The van der Waals surface area contributed by atoms with Gasteiger partial charge in [0.05, 0.1) is 0 Å². The fourth-order valence-electron chi connectivity index (χ4n) is 2.31. The molecular weight excluding hydrogens is 156 g/mol. The number of hydrogen-bond acceptors (Lipinski definition) is 0. The molecule has 0 atom stereocenters. The van der Waals surface area contributed by atoms with Crippen LogP contribution in [0.2, 0.25) is 0 Å². The minimum absolute atomic E-state index is 0.482. The van der Waals surface area contributed by atoms with Crippen LogP contribution in [-0.4, -0.2) is 0 Å². The summed E-state index contributed by atoms with van der Waals surface area (Å²) >= 11 is 0. The lowest BCUT2D eigenvalue weighted by Gasteiger charge is -2.43. The zero-order valence-electron chi connectivity index (χ0n) is 9.32. The van der Waals surface area contributed by atoms with Crippen molar-refractivity contribution in [2.75, 3.05) is 0 Å². The van der Waals surface area contributed by atoms with E-state index >= 15 is 0 Å². The van der Waals surface area contributed by atoms with Gasteiger partial charge in [-0.15, -0.1) is 0 Å². The first-order valence-electron chi connectivity index (χ1n) is 5.42. The Morgan fingerprint density at radius 1 is 1.38 bits per heavy atom. The first-order valence-corrected chi connectivity index (χ1v) is 5.42. The third-order valence-electron chi connectivity index (χ3n) is 3.39. The van der Waals surface area contributed by atoms with Gasteiger partial charge in [-0.3, -0.25) is 0 Å². The third-order valence-corrected chi connectivity index (χ3v) is 3.39. The maximum Gasteiger partial charge on any atom is -0.00565 e. The molecule has 0 aromatic heterocycles. The minimum atomic E-state index is 0.482. The number of rotatable bonds is 4. The highest BCUT2D eigenvalue weighted by Crippen LogP contribution is 2.50. The average molecular weight is 178 g/mol. The van der Waals surface area contributed by atoms with Crippen LogP contribution < -0.4 is 0 Å². The summed E-state index contributed by atoms with van der Waals surface area (Å²) in [5.74, 6) is 0. The van der Waals surface area contributed by atoms with E-state index in [9.17, 15) is 0 Å². The molecule has 0 heterocycles. The standard InChI is InChI=1S/C13H22/c1-5-7-12(4)10-13(11(2)3)8-6-9-13/h7H,2,5-6,8-10H2,1,3-4H3/b12-7+. The molecule has 0 unspecified atom stereocenters. The van der Waals surface area contributed by atoms with E-state index < -0.39 is 0 Å². The van der Waals surface area contributed by atoms with Crippen LogP contribution in [-0.2, 0) is 0 Å². The van der Waals surface area contributed by atoms with Gasteiger partial charge < -0.3 is 0 Å². The second-order valence-corrected chi connectivity index (χ2v) is 4.55. The first-order chi connectivity index (χ1) is 6.10. The van der Waals surface area contributed by atoms with Gasteiger partial charge in [0.1, 0.15) is 0 Å². The van der Waals surface area contributed by atoms with Crippen molar-refractivity contribution in [2.45, 2.75) is 52.9 Å². The van der Waals surface area contributed by atoms with E-state index in [0.29, 0.717) is 5.41 Å². The van der Waals surface area contributed by atoms with Crippen LogP contribution in [0.3, 0.4) is 0 Å². The van der Waals surface area contributed by atoms with Crippen molar-refractivity contribution < 1.29 is 0 Å². The molecule has 0 aromatic carbocycles. The van der Waals surface area contributed by atoms with Crippen molar-refractivity contribution in [3.63, 3.8) is 0 Å². The van der Waals surface area contributed by atoms with Gasteiger partial charge in [-0.25, -0.2) is 0 Å². The van der Waals surface area contributed by atoms with Crippen molar-refractivity contribution >= 4 is 0 Å². The second kappa shape index (κ2) is 4.13. The van der Waals surface area contributed by atoms with Crippen molar-refractivity contribution in [3.05, 3.63) is 23.8 Å². The highest BCUT2D eigenvalue weighted by atomic mass is 14.4. The third kappa shape index (κ3) is 2.24. The summed E-state index contributed by atoms with van der Waals surface area (Å²) in [6.45, 7) is 10.8. The van der Waals surface area contributed by atoms with Crippen molar-refractivity contribution in [3.8, 4) is 0 Å². The van der Waals surface area contributed by atoms with Crippen LogP contribution in [0.25, 0.3) is 0 Å². The summed E-state index contributed by atoms with van der Waals surface area (Å²) in [7, 11) is 0. The fourth-order valence-corrected chi connectivity index (χ4v) is 2.31. The Balaban J connectivity index is 2.59. The summed E-state index contributed by atoms with van der Waals surface area (Å²) < 4.78 is 0. The summed E-state index contributed by atoms with van der Waals surface area (Å²) in [5.41, 5.74) is 3.42. The van der Waals surface area contributed by atoms with E-state index in [-0.39, 0.29) is 0 Å². The first kappa shape index (κ1) is 10.6. The van der Waals surface area contributed by atoms with E-state index in [2.05, 4.69) is 33.4 Å². The molecular formula is C13H22. The van der Waals surface area contributed by atoms with Gasteiger partial charge in [0, 0.05) is 0 Å². The van der Waals surface area contributed by atoms with Gasteiger partial charge in [-0.1, -0.05) is 37.1 Å². The van der Waals surface area contributed by atoms with Crippen LogP contribution in [0.15, 0.2) is 23.8 Å². The molecule has 0 amide bonds. The van der Waals surface area contributed by atoms with E-state index in [1.54, 1.807) is 5.57 Å². The topological polar surface area (TPSA) is 0 Å². The Morgan fingerprint density at radius 2 is 2.00 bits per heavy atom. The fraction of sp³-hybridized carbons (Fsp3) is 0.692. The van der Waals surface area contributed by atoms with E-state index in [1.165, 1.54) is 31.3 Å². The van der Waals surface area contributed by atoms with Gasteiger partial charge in [0.15, 0.2) is 0 Å². The quantitative estimate of drug-likeness (QED) is 0.557. The molecule has 1 aliphatic carbocycles. The van der Waals surface area contributed by atoms with Gasteiger partial charge in [0.25, 0.3) is 0 Å². The van der Waals surface area contributed by atoms with Gasteiger partial charge in [-0.05, 0) is 44.9 Å². The molecule has 1 fully saturated rings. The normalized spacial score (nSPS) is 21.0. The summed E-state index contributed by atoms with van der Waals surface area (Å²) in [4.78, 5) is 0. The maximum absolute atomic E-state index is 4.14. The average Bonchev–Trinajstić information content (AvgIpc) is 1.96. The lowest BCUT2D eigenvalue weighted by molar-refractivity contribution is 0.185. The molecule has 1 rings (SSSR count). The SMILES string of the molecule is C=C(C)C1(C/C(C)=C/CC)CCC1. The minimum Gasteiger partial charge on any atom is -0.0996 e. The van der Waals surface area contributed by atoms with E-state index in [1.807, 2.05) is 0 Å². The van der Waals surface area contributed by atoms with Crippen LogP contribution in [0.5, 0.6) is 0 Å². The summed E-state index contributed by atoms with van der Waals surface area (Å²) in [6, 6.07) is 0. The number of hydrogen-bond donors (Lipinski definition) is 0. The Kier molecular flexibility index (Phi) is 3.35. The lowest BCUT2D eigenvalue weighted by Crippen LogP contribution is -2.30. The van der Waals surface area contributed by atoms with Gasteiger partial charge in [-0.2, -0.15) is 0 Å². The molecule has 13 heavy (non-hydrogen) atoms. The summed E-state index contributed by atoms with van der Waals surface area (Å²) in [5, 5.41) is 0. The molecule has 74 valence electrons. The van der Waals surface area contributed by atoms with Crippen molar-refractivity contribution in [2.24, 2.45) is 5.41 Å². The van der Waals surface area contributed by atoms with Crippen LogP contribution in [0.1, 0.15) is 52.9 Å². The molecule has 0 bridgehead atoms. The van der Waals surface area contributed by atoms with Crippen LogP contribution in [0, 0.1) is 5.41 Å². The van der Waals surface area contributed by atoms with Gasteiger partial charge in [0.2, 0.25) is 0 Å². The van der Waals surface area contributed by atoms with Crippen LogP contribution in [0.4, 0.5) is 0 Å². The zero-order valence-corrected chi connectivity index (χ0v) is 9.32. The Bertz CT molecular complexity index is 216.